The Morgan fingerprint density at radius 1 is 0.826 bits per heavy atom. The molecule has 0 spiro atoms. The maximum Gasteiger partial charge on any atom is 0.219 e. The minimum atomic E-state index is 0.0885. The highest BCUT2D eigenvalue weighted by molar-refractivity contribution is 5.75. The maximum absolute atomic E-state index is 11.2. The lowest BCUT2D eigenvalue weighted by Crippen LogP contribution is -2.21. The third-order valence-electron chi connectivity index (χ3n) is 3.59. The van der Waals surface area contributed by atoms with Gasteiger partial charge < -0.3 is 5.32 Å². The number of aryl methyl sites for hydroxylation is 1. The van der Waals surface area contributed by atoms with Crippen molar-refractivity contribution in [1.82, 2.24) is 5.32 Å². The van der Waals surface area contributed by atoms with Crippen LogP contribution in [0.5, 0.6) is 0 Å². The third-order valence-corrected chi connectivity index (χ3v) is 3.59. The molecule has 0 unspecified atom stereocenters. The Hall–Kier alpha value is -2.09. The number of rotatable bonds is 6. The van der Waals surface area contributed by atoms with Crippen molar-refractivity contribution in [3.63, 3.8) is 0 Å². The van der Waals surface area contributed by atoms with Gasteiger partial charge in [0.15, 0.2) is 0 Å². The van der Waals surface area contributed by atoms with E-state index in [1.165, 1.54) is 23.1 Å². The van der Waals surface area contributed by atoms with Crippen LogP contribution in [-0.4, -0.2) is 5.91 Å². The molecule has 0 saturated heterocycles. The van der Waals surface area contributed by atoms with E-state index < -0.39 is 0 Å². The summed E-state index contributed by atoms with van der Waals surface area (Å²) in [7, 11) is 0. The van der Waals surface area contributed by atoms with Gasteiger partial charge in [0.25, 0.3) is 0 Å². The summed E-state index contributed by atoms with van der Waals surface area (Å²) in [6.45, 7) is 8.66. The van der Waals surface area contributed by atoms with Crippen LogP contribution in [0.15, 0.2) is 48.5 Å². The van der Waals surface area contributed by atoms with Crippen molar-refractivity contribution >= 4 is 5.91 Å². The number of benzene rings is 2. The van der Waals surface area contributed by atoms with Gasteiger partial charge in [-0.1, -0.05) is 82.6 Å². The Morgan fingerprint density at radius 2 is 1.30 bits per heavy atom. The van der Waals surface area contributed by atoms with Crippen LogP contribution in [0.3, 0.4) is 0 Å². The first-order valence-electron chi connectivity index (χ1n) is 8.68. The number of carbonyl (C=O) groups excluding carboxylic acids is 1. The van der Waals surface area contributed by atoms with Crippen LogP contribution >= 0.6 is 0 Å². The zero-order chi connectivity index (χ0) is 17.1. The summed E-state index contributed by atoms with van der Waals surface area (Å²) in [5.41, 5.74) is 4.96. The van der Waals surface area contributed by atoms with Crippen LogP contribution in [0.25, 0.3) is 11.1 Å². The fourth-order valence-corrected chi connectivity index (χ4v) is 2.29. The highest BCUT2D eigenvalue weighted by atomic mass is 16.1. The van der Waals surface area contributed by atoms with E-state index in [0.717, 1.165) is 12.0 Å². The van der Waals surface area contributed by atoms with Crippen LogP contribution in [-0.2, 0) is 17.8 Å². The molecule has 0 aliphatic heterocycles. The molecular formula is C21H29NO. The highest BCUT2D eigenvalue weighted by Crippen LogP contribution is 2.20. The van der Waals surface area contributed by atoms with Crippen molar-refractivity contribution in [1.29, 1.82) is 0 Å². The summed E-state index contributed by atoms with van der Waals surface area (Å²) in [6, 6.07) is 17.1. The zero-order valence-electron chi connectivity index (χ0n) is 14.9. The van der Waals surface area contributed by atoms with E-state index in [2.05, 4.69) is 60.8 Å². The van der Waals surface area contributed by atoms with Crippen LogP contribution in [0.2, 0.25) is 0 Å². The predicted molar refractivity (Wildman–Crippen MR) is 99.4 cm³/mol. The molecule has 0 aromatic heterocycles. The van der Waals surface area contributed by atoms with Crippen molar-refractivity contribution < 1.29 is 4.79 Å². The molecule has 0 bridgehead atoms. The summed E-state index contributed by atoms with van der Waals surface area (Å²) in [4.78, 5) is 11.2. The van der Waals surface area contributed by atoms with Crippen molar-refractivity contribution in [2.45, 2.75) is 53.5 Å². The molecule has 1 N–H and O–H groups in total. The van der Waals surface area contributed by atoms with Gasteiger partial charge in [0.1, 0.15) is 0 Å². The average molecular weight is 311 g/mol. The standard InChI is InChI=1S/C19H23NO.C2H6/c1-3-5-15-6-10-17(11-7-15)18-12-8-16(9-13-18)14-20-19(21)4-2;1-2/h6-13H,3-5,14H2,1-2H3,(H,20,21);1-2H3. The minimum Gasteiger partial charge on any atom is -0.352 e. The Balaban J connectivity index is 0.00000127. The van der Waals surface area contributed by atoms with Crippen LogP contribution in [0.4, 0.5) is 0 Å². The molecule has 0 aliphatic rings. The molecule has 2 rings (SSSR count). The fourth-order valence-electron chi connectivity index (χ4n) is 2.29. The van der Waals surface area contributed by atoms with Crippen molar-refractivity contribution in [2.75, 3.05) is 0 Å². The summed E-state index contributed by atoms with van der Waals surface area (Å²) in [6.07, 6.45) is 2.84. The van der Waals surface area contributed by atoms with Crippen molar-refractivity contribution in [3.8, 4) is 11.1 Å². The van der Waals surface area contributed by atoms with Gasteiger partial charge in [-0.3, -0.25) is 4.79 Å². The topological polar surface area (TPSA) is 29.1 Å². The van der Waals surface area contributed by atoms with Crippen molar-refractivity contribution in [2.24, 2.45) is 0 Å². The van der Waals surface area contributed by atoms with E-state index >= 15 is 0 Å². The van der Waals surface area contributed by atoms with Crippen LogP contribution < -0.4 is 5.32 Å². The molecule has 2 aromatic rings. The van der Waals surface area contributed by atoms with Gasteiger partial charge in [0.05, 0.1) is 0 Å². The normalized spacial score (nSPS) is 9.74. The largest absolute Gasteiger partial charge is 0.352 e. The molecule has 0 atom stereocenters. The first-order valence-corrected chi connectivity index (χ1v) is 8.68. The first kappa shape index (κ1) is 19.0. The molecule has 0 heterocycles. The highest BCUT2D eigenvalue weighted by Gasteiger charge is 2.00. The van der Waals surface area contributed by atoms with E-state index in [-0.39, 0.29) is 5.91 Å². The number of hydrogen-bond donors (Lipinski definition) is 1. The quantitative estimate of drug-likeness (QED) is 0.764. The van der Waals surface area contributed by atoms with E-state index in [1.54, 1.807) is 0 Å². The Kier molecular flexibility index (Phi) is 8.74. The second kappa shape index (κ2) is 10.6. The minimum absolute atomic E-state index is 0.0885. The lowest BCUT2D eigenvalue weighted by molar-refractivity contribution is -0.120. The van der Waals surface area contributed by atoms with Gasteiger partial charge in [0, 0.05) is 13.0 Å². The Bertz CT molecular complexity index is 570. The third kappa shape index (κ3) is 6.27. The lowest BCUT2D eigenvalue weighted by atomic mass is 10.0. The Morgan fingerprint density at radius 3 is 1.74 bits per heavy atom. The monoisotopic (exact) mass is 311 g/mol. The molecule has 2 aromatic carbocycles. The van der Waals surface area contributed by atoms with Gasteiger partial charge in [0.2, 0.25) is 5.91 Å². The summed E-state index contributed by atoms with van der Waals surface area (Å²) >= 11 is 0. The molecule has 23 heavy (non-hydrogen) atoms. The molecule has 0 radical (unpaired) electrons. The number of carbonyl (C=O) groups is 1. The SMILES string of the molecule is CC.CCCc1ccc(-c2ccc(CNC(=O)CC)cc2)cc1. The number of amides is 1. The van der Waals surface area contributed by atoms with E-state index in [9.17, 15) is 4.79 Å². The van der Waals surface area contributed by atoms with Crippen LogP contribution in [0, 0.1) is 0 Å². The van der Waals surface area contributed by atoms with E-state index in [0.29, 0.717) is 13.0 Å². The predicted octanol–water partition coefficient (Wildman–Crippen LogP) is 5.36. The van der Waals surface area contributed by atoms with Gasteiger partial charge in [-0.15, -0.1) is 0 Å². The molecule has 0 aliphatic carbocycles. The molecule has 1 amide bonds. The van der Waals surface area contributed by atoms with E-state index in [4.69, 9.17) is 0 Å². The van der Waals surface area contributed by atoms with Crippen molar-refractivity contribution in [3.05, 3.63) is 59.7 Å². The first-order chi connectivity index (χ1) is 11.2. The maximum atomic E-state index is 11.2. The smallest absolute Gasteiger partial charge is 0.219 e. The fraction of sp³-hybridized carbons (Fsp3) is 0.381. The molecule has 124 valence electrons. The summed E-state index contributed by atoms with van der Waals surface area (Å²) in [5.74, 6) is 0.0885. The molecule has 0 fully saturated rings. The summed E-state index contributed by atoms with van der Waals surface area (Å²) in [5, 5.41) is 2.89. The molecule has 2 nitrogen and oxygen atoms in total. The second-order valence-electron chi connectivity index (χ2n) is 5.27. The average Bonchev–Trinajstić information content (AvgIpc) is 2.63. The Labute approximate surface area is 140 Å². The van der Waals surface area contributed by atoms with Gasteiger partial charge in [-0.2, -0.15) is 0 Å². The van der Waals surface area contributed by atoms with Gasteiger partial charge >= 0.3 is 0 Å². The summed E-state index contributed by atoms with van der Waals surface area (Å²) < 4.78 is 0. The molecule has 2 heteroatoms. The lowest BCUT2D eigenvalue weighted by Gasteiger charge is -2.07. The van der Waals surface area contributed by atoms with Gasteiger partial charge in [-0.25, -0.2) is 0 Å². The molecule has 0 saturated carbocycles. The number of hydrogen-bond acceptors (Lipinski definition) is 1. The van der Waals surface area contributed by atoms with Gasteiger partial charge in [-0.05, 0) is 28.7 Å². The second-order valence-corrected chi connectivity index (χ2v) is 5.27. The zero-order valence-corrected chi connectivity index (χ0v) is 14.9. The molecular weight excluding hydrogens is 282 g/mol. The number of nitrogens with one attached hydrogen (secondary N) is 1. The van der Waals surface area contributed by atoms with Crippen LogP contribution in [0.1, 0.15) is 51.7 Å². The van der Waals surface area contributed by atoms with E-state index in [1.807, 2.05) is 20.8 Å².